The lowest BCUT2D eigenvalue weighted by Crippen LogP contribution is -2.34. The Bertz CT molecular complexity index is 885. The Hall–Kier alpha value is -2.45. The van der Waals surface area contributed by atoms with Crippen molar-refractivity contribution in [3.05, 3.63) is 52.5 Å². The number of benzene rings is 2. The third-order valence-corrected chi connectivity index (χ3v) is 4.43. The molecule has 0 aliphatic rings. The summed E-state index contributed by atoms with van der Waals surface area (Å²) in [5.74, 6) is 0.385. The lowest BCUT2D eigenvalue weighted by molar-refractivity contribution is -0.116. The molecule has 0 heterocycles. The smallest absolute Gasteiger partial charge is 0.261 e. The number of nitrogens with one attached hydrogen (secondary N) is 3. The lowest BCUT2D eigenvalue weighted by Gasteiger charge is -2.13. The third kappa shape index (κ3) is 7.47. The van der Waals surface area contributed by atoms with Gasteiger partial charge in [0, 0.05) is 22.3 Å². The maximum atomic E-state index is 12.6. The first-order chi connectivity index (χ1) is 13.8. The highest BCUT2D eigenvalue weighted by Gasteiger charge is 2.15. The number of amides is 2. The van der Waals surface area contributed by atoms with E-state index < -0.39 is 0 Å². The maximum absolute atomic E-state index is 12.6. The molecular formula is C21H24BrN3O3S. The zero-order valence-electron chi connectivity index (χ0n) is 16.5. The van der Waals surface area contributed by atoms with E-state index in [2.05, 4.69) is 31.9 Å². The van der Waals surface area contributed by atoms with E-state index in [-0.39, 0.29) is 16.9 Å². The van der Waals surface area contributed by atoms with Crippen LogP contribution in [0.5, 0.6) is 5.75 Å². The molecule has 2 amide bonds. The van der Waals surface area contributed by atoms with Gasteiger partial charge in [-0.05, 0) is 67.5 Å². The van der Waals surface area contributed by atoms with Crippen molar-refractivity contribution in [1.82, 2.24) is 5.32 Å². The minimum absolute atomic E-state index is 0.0254. The van der Waals surface area contributed by atoms with Crippen LogP contribution >= 0.6 is 28.1 Å². The van der Waals surface area contributed by atoms with Crippen LogP contribution in [0.4, 0.5) is 11.4 Å². The standard InChI is InChI=1S/C21H24BrN3O3S/c1-4-28-18-10-5-14(22)12-17(18)20(27)25-21(29)24-16-8-6-15(7-9-16)23-19(26)11-13(2)3/h5-10,12-13H,4,11H2,1-3H3,(H,23,26)(H2,24,25,27,29). The van der Waals surface area contributed by atoms with Crippen LogP contribution in [0.2, 0.25) is 0 Å². The van der Waals surface area contributed by atoms with E-state index >= 15 is 0 Å². The first kappa shape index (κ1) is 22.8. The molecule has 0 saturated heterocycles. The molecular weight excluding hydrogens is 454 g/mol. The molecule has 8 heteroatoms. The molecule has 0 bridgehead atoms. The summed E-state index contributed by atoms with van der Waals surface area (Å²) in [6.07, 6.45) is 0.468. The Balaban J connectivity index is 1.96. The van der Waals surface area contributed by atoms with Gasteiger partial charge >= 0.3 is 0 Å². The molecule has 154 valence electrons. The Morgan fingerprint density at radius 3 is 2.28 bits per heavy atom. The maximum Gasteiger partial charge on any atom is 0.261 e. The summed E-state index contributed by atoms with van der Waals surface area (Å²) < 4.78 is 6.27. The molecule has 3 N–H and O–H groups in total. The van der Waals surface area contributed by atoms with E-state index in [1.54, 1.807) is 42.5 Å². The van der Waals surface area contributed by atoms with E-state index in [4.69, 9.17) is 17.0 Å². The van der Waals surface area contributed by atoms with Crippen molar-refractivity contribution in [3.63, 3.8) is 0 Å². The summed E-state index contributed by atoms with van der Waals surface area (Å²) in [4.78, 5) is 24.4. The van der Waals surface area contributed by atoms with Crippen LogP contribution < -0.4 is 20.7 Å². The second kappa shape index (κ2) is 10.9. The largest absolute Gasteiger partial charge is 0.493 e. The fourth-order valence-electron chi connectivity index (χ4n) is 2.51. The Morgan fingerprint density at radius 2 is 1.69 bits per heavy atom. The first-order valence-corrected chi connectivity index (χ1v) is 10.4. The van der Waals surface area contributed by atoms with Crippen LogP contribution in [-0.4, -0.2) is 23.5 Å². The quantitative estimate of drug-likeness (QED) is 0.491. The topological polar surface area (TPSA) is 79.5 Å². The number of ether oxygens (including phenoxy) is 1. The molecule has 2 aromatic rings. The molecule has 0 radical (unpaired) electrons. The fourth-order valence-corrected chi connectivity index (χ4v) is 3.09. The van der Waals surface area contributed by atoms with Crippen LogP contribution in [0.25, 0.3) is 0 Å². The fraction of sp³-hybridized carbons (Fsp3) is 0.286. The van der Waals surface area contributed by atoms with Crippen molar-refractivity contribution >= 4 is 56.4 Å². The first-order valence-electron chi connectivity index (χ1n) is 9.23. The summed E-state index contributed by atoms with van der Waals surface area (Å²) in [5, 5.41) is 8.61. The number of anilines is 2. The van der Waals surface area contributed by atoms with Crippen molar-refractivity contribution in [2.75, 3.05) is 17.2 Å². The van der Waals surface area contributed by atoms with Gasteiger partial charge in [0.2, 0.25) is 5.91 Å². The molecule has 6 nitrogen and oxygen atoms in total. The van der Waals surface area contributed by atoms with E-state index in [9.17, 15) is 9.59 Å². The zero-order valence-corrected chi connectivity index (χ0v) is 18.9. The van der Waals surface area contributed by atoms with Gasteiger partial charge in [-0.2, -0.15) is 0 Å². The van der Waals surface area contributed by atoms with Gasteiger partial charge in [0.05, 0.1) is 12.2 Å². The zero-order chi connectivity index (χ0) is 21.4. The minimum atomic E-state index is -0.371. The van der Waals surface area contributed by atoms with Crippen LogP contribution in [-0.2, 0) is 4.79 Å². The summed E-state index contributed by atoms with van der Waals surface area (Å²) in [7, 11) is 0. The van der Waals surface area contributed by atoms with Crippen LogP contribution in [0.1, 0.15) is 37.6 Å². The molecule has 0 fully saturated rings. The van der Waals surface area contributed by atoms with Gasteiger partial charge in [-0.15, -0.1) is 0 Å². The second-order valence-electron chi connectivity index (χ2n) is 6.71. The molecule has 0 aliphatic carbocycles. The number of thiocarbonyl (C=S) groups is 1. The Morgan fingerprint density at radius 1 is 1.07 bits per heavy atom. The minimum Gasteiger partial charge on any atom is -0.493 e. The van der Waals surface area contributed by atoms with Gasteiger partial charge in [0.15, 0.2) is 5.11 Å². The molecule has 0 spiro atoms. The van der Waals surface area contributed by atoms with Gasteiger partial charge < -0.3 is 15.4 Å². The second-order valence-corrected chi connectivity index (χ2v) is 8.03. The Labute approximate surface area is 184 Å². The number of carbonyl (C=O) groups excluding carboxylic acids is 2. The van der Waals surface area contributed by atoms with Crippen molar-refractivity contribution in [3.8, 4) is 5.75 Å². The van der Waals surface area contributed by atoms with Crippen molar-refractivity contribution in [2.45, 2.75) is 27.2 Å². The van der Waals surface area contributed by atoms with E-state index in [0.29, 0.717) is 41.6 Å². The van der Waals surface area contributed by atoms with Gasteiger partial charge in [-0.25, -0.2) is 0 Å². The molecule has 2 rings (SSSR count). The molecule has 0 aromatic heterocycles. The van der Waals surface area contributed by atoms with Crippen molar-refractivity contribution < 1.29 is 14.3 Å². The predicted octanol–water partition coefficient (Wildman–Crippen LogP) is 4.96. The molecule has 0 atom stereocenters. The highest BCUT2D eigenvalue weighted by molar-refractivity contribution is 9.10. The van der Waals surface area contributed by atoms with E-state index in [0.717, 1.165) is 4.47 Å². The molecule has 2 aromatic carbocycles. The number of rotatable bonds is 7. The average Bonchev–Trinajstić information content (AvgIpc) is 2.64. The highest BCUT2D eigenvalue weighted by atomic mass is 79.9. The Kier molecular flexibility index (Phi) is 8.60. The average molecular weight is 478 g/mol. The monoisotopic (exact) mass is 477 g/mol. The SMILES string of the molecule is CCOc1ccc(Br)cc1C(=O)NC(=S)Nc1ccc(NC(=O)CC(C)C)cc1. The molecule has 0 saturated carbocycles. The van der Waals surface area contributed by atoms with Gasteiger partial charge in [0.1, 0.15) is 5.75 Å². The molecule has 29 heavy (non-hydrogen) atoms. The lowest BCUT2D eigenvalue weighted by atomic mass is 10.1. The summed E-state index contributed by atoms with van der Waals surface area (Å²) in [6, 6.07) is 12.3. The number of halogens is 1. The molecule has 0 unspecified atom stereocenters. The van der Waals surface area contributed by atoms with Gasteiger partial charge in [-0.3, -0.25) is 14.9 Å². The summed E-state index contributed by atoms with van der Waals surface area (Å²) in [5.41, 5.74) is 1.77. The van der Waals surface area contributed by atoms with Crippen molar-refractivity contribution in [1.29, 1.82) is 0 Å². The molecule has 0 aliphatic heterocycles. The van der Waals surface area contributed by atoms with Gasteiger partial charge in [-0.1, -0.05) is 29.8 Å². The number of hydrogen-bond donors (Lipinski definition) is 3. The number of hydrogen-bond acceptors (Lipinski definition) is 4. The summed E-state index contributed by atoms with van der Waals surface area (Å²) in [6.45, 7) is 6.29. The normalized spacial score (nSPS) is 10.4. The van der Waals surface area contributed by atoms with Crippen LogP contribution in [0, 0.1) is 5.92 Å². The summed E-state index contributed by atoms with van der Waals surface area (Å²) >= 11 is 8.60. The van der Waals surface area contributed by atoms with E-state index in [1.165, 1.54) is 0 Å². The van der Waals surface area contributed by atoms with Crippen LogP contribution in [0.3, 0.4) is 0 Å². The van der Waals surface area contributed by atoms with Crippen molar-refractivity contribution in [2.24, 2.45) is 5.92 Å². The van der Waals surface area contributed by atoms with Gasteiger partial charge in [0.25, 0.3) is 5.91 Å². The predicted molar refractivity (Wildman–Crippen MR) is 124 cm³/mol. The van der Waals surface area contributed by atoms with Crippen LogP contribution in [0.15, 0.2) is 46.9 Å². The van der Waals surface area contributed by atoms with E-state index in [1.807, 2.05) is 20.8 Å². The number of carbonyl (C=O) groups is 2. The third-order valence-electron chi connectivity index (χ3n) is 3.73. The highest BCUT2D eigenvalue weighted by Crippen LogP contribution is 2.23.